The maximum absolute atomic E-state index is 11.2. The van der Waals surface area contributed by atoms with Gasteiger partial charge in [0, 0.05) is 0 Å². The number of likely N-dealkylation sites (N-methyl/N-ethyl adjacent to an activating group) is 2. The van der Waals surface area contributed by atoms with Crippen LogP contribution in [0.1, 0.15) is 39.5 Å². The standard InChI is InChI=1S/C10H17NO3.C9H17NO4S.C9H15NO3.C8H15NO4S/c1-8(2)9(12)5-6-11(3,4)7-10(13)14;1-8(2)9(11)5-6-10(3,4)7-15(12,13)14;1-4-8(11)5-6-10(2,3)7-9(12)13;1-4-8(10)5-6-9(2,3)7-14(11,12)13/h1,5-7H2,2-4H3;1,5-7H2,2-4H3;4H,1,5-7H2,2-3H3;4H,1,5-7H2,2-3H3/i3+1,4+1,11+1;3+1,4+1,10+1;2+1,3+1,10+1;2+1,3+1,9+1. The number of ketones is 4. The molecule has 0 radical (unpaired) electrons. The van der Waals surface area contributed by atoms with Crippen molar-refractivity contribution in [2.24, 2.45) is 0 Å². The quantitative estimate of drug-likeness (QED) is 0.0339. The van der Waals surface area contributed by atoms with E-state index in [0.717, 1.165) is 0 Å². The topological polar surface area (TPSA) is 263 Å². The van der Waals surface area contributed by atoms with Gasteiger partial charge in [0.25, 0.3) is 0 Å². The lowest BCUT2D eigenvalue weighted by Crippen LogP contribution is -2.49. The third-order valence-electron chi connectivity index (χ3n) is 7.35. The van der Waals surface area contributed by atoms with Crippen LogP contribution in [0.3, 0.4) is 0 Å². The lowest BCUT2D eigenvalue weighted by molar-refractivity contribution is -0.884. The number of carboxylic acids is 2. The Kier molecular flexibility index (Phi) is 27.6. The fourth-order valence-corrected chi connectivity index (χ4v) is 6.08. The Bertz CT molecular complexity index is 1630. The first-order chi connectivity index (χ1) is 24.8. The van der Waals surface area contributed by atoms with Gasteiger partial charge in [-0.1, -0.05) is 26.3 Å². The smallest absolute Gasteiger partial charge is 0.168 e. The molecule has 0 bridgehead atoms. The molecule has 0 saturated heterocycles. The van der Waals surface area contributed by atoms with Crippen molar-refractivity contribution in [1.82, 2.24) is 0 Å². The number of carbonyl (C=O) groups is 6. The predicted octanol–water partition coefficient (Wildman–Crippen LogP) is -1.88. The van der Waals surface area contributed by atoms with Crippen LogP contribution in [-0.2, 0) is 49.0 Å². The zero-order valence-corrected chi connectivity index (χ0v) is 36.4. The van der Waals surface area contributed by atoms with Crippen LogP contribution in [0.4, 0.5) is 0 Å². The van der Waals surface area contributed by atoms with E-state index in [2.05, 4.69) is 26.3 Å². The van der Waals surface area contributed by atoms with Crippen LogP contribution >= 0.6 is 0 Å². The summed E-state index contributed by atoms with van der Waals surface area (Å²) in [5, 5.41) is 20.7. The molecule has 56 heavy (non-hydrogen) atoms. The molecule has 0 fully saturated rings. The Morgan fingerprint density at radius 1 is 0.500 bits per heavy atom. The molecule has 0 unspecified atom stereocenters. The molecule has 0 heterocycles. The van der Waals surface area contributed by atoms with Gasteiger partial charge >= 0.3 is 0 Å². The first-order valence-electron chi connectivity index (χ1n) is 17.0. The van der Waals surface area contributed by atoms with Crippen molar-refractivity contribution in [2.45, 2.75) is 39.5 Å². The van der Waals surface area contributed by atoms with Gasteiger partial charge in [0.2, 0.25) is 0 Å². The molecule has 0 aliphatic rings. The van der Waals surface area contributed by atoms with Crippen molar-refractivity contribution in [1.29, 1.82) is 0 Å². The lowest BCUT2D eigenvalue weighted by Gasteiger charge is -2.30. The van der Waals surface area contributed by atoms with Crippen molar-refractivity contribution in [2.75, 3.05) is 107 Å². The molecule has 0 aromatic rings. The van der Waals surface area contributed by atoms with E-state index in [-0.39, 0.29) is 67.0 Å². The maximum Gasteiger partial charge on any atom is 0.168 e. The van der Waals surface area contributed by atoms with Crippen molar-refractivity contribution in [3.63, 3.8) is 0 Å². The lowest BCUT2D eigenvalue weighted by atomic mass is 10.2. The van der Waals surface area contributed by atoms with E-state index < -0.39 is 43.9 Å². The van der Waals surface area contributed by atoms with Gasteiger partial charge in [-0.05, 0) is 37.1 Å². The Hall–Kier alpha value is -3.76. The minimum absolute atomic E-state index is 0.00852. The largest absolute Gasteiger partial charge is 0.744 e. The van der Waals surface area contributed by atoms with E-state index in [9.17, 15) is 64.9 Å². The number of hydrogen-bond donors (Lipinski definition) is 0. The van der Waals surface area contributed by atoms with Gasteiger partial charge in [-0.15, -0.1) is 0 Å². The molecule has 0 saturated carbocycles. The molecule has 0 spiro atoms. The van der Waals surface area contributed by atoms with Gasteiger partial charge in [-0.25, -0.2) is 16.8 Å². The summed E-state index contributed by atoms with van der Waals surface area (Å²) < 4.78 is 63.6. The second kappa shape index (κ2) is 26.2. The summed E-state index contributed by atoms with van der Waals surface area (Å²) in [5.74, 6) is -3.55. The summed E-state index contributed by atoms with van der Waals surface area (Å²) in [4.78, 5) is 64.8. The summed E-state index contributed by atoms with van der Waals surface area (Å²) in [6, 6.07) is 0. The number of Topliss-reactive ketones (excluding diaryl/α,β-unsaturated/α-hetero) is 2. The minimum Gasteiger partial charge on any atom is -0.744 e. The molecule has 0 rings (SSSR count). The average molecular weight is 853 g/mol. The fraction of sp³-hybridized carbons (Fsp3) is 0.611. The molecule has 0 aromatic heterocycles. The molecule has 20 heteroatoms. The highest BCUT2D eigenvalue weighted by molar-refractivity contribution is 7.85. The van der Waals surface area contributed by atoms with E-state index in [4.69, 9.17) is 0 Å². The zero-order valence-electron chi connectivity index (χ0n) is 34.8. The number of rotatable bonds is 24. The Labute approximate surface area is 333 Å². The molecule has 0 amide bonds. The van der Waals surface area contributed by atoms with E-state index >= 15 is 0 Å². The molecule has 18 nitrogen and oxygen atoms in total. The molecule has 324 valence electrons. The average Bonchev–Trinajstić information content (AvgIpc) is 2.97. The number of hydrogen-bond acceptors (Lipinski definition) is 14. The molecular weight excluding hydrogens is 788 g/mol. The van der Waals surface area contributed by atoms with E-state index in [1.807, 2.05) is 0 Å². The summed E-state index contributed by atoms with van der Waals surface area (Å²) in [7, 11) is 4.85. The highest BCUT2D eigenvalue weighted by Gasteiger charge is 2.21. The summed E-state index contributed by atoms with van der Waals surface area (Å²) in [5.41, 5.74) is 0.957. The van der Waals surface area contributed by atoms with E-state index in [1.54, 1.807) is 70.2 Å². The van der Waals surface area contributed by atoms with Crippen molar-refractivity contribution >= 4 is 55.3 Å². The Balaban J connectivity index is -0.000000322. The van der Waals surface area contributed by atoms with Crippen LogP contribution in [0.2, 0.25) is 0 Å². The van der Waals surface area contributed by atoms with Gasteiger partial charge < -0.3 is 46.8 Å². The third kappa shape index (κ3) is 41.4. The van der Waals surface area contributed by atoms with Gasteiger partial charge in [-0.3, -0.25) is 19.2 Å². The first kappa shape index (κ1) is 58.9. The SMILES string of the molecule is C=C(C)C(=O)CC[15N+]([13CH3])([13CH3])CC(=O)[O-].C=C(C)C(=O)CC[15N+]([13CH3])([13CH3])CS(=O)(=O)[O-].C=CC(=O)CC[15N+]([13CH3])([13CH3])CC(=O)[O-].C=CC(=O)CC[15N+]([13CH3])([13CH3])CS(=O)(=O)[O-]. The number of aliphatic carboxylic acids is 2. The minimum atomic E-state index is -4.26. The van der Waals surface area contributed by atoms with Crippen molar-refractivity contribution in [3.8, 4) is 0 Å². The maximum atomic E-state index is 11.2. The Morgan fingerprint density at radius 2 is 0.732 bits per heavy atom. The third-order valence-corrected chi connectivity index (χ3v) is 9.38. The van der Waals surface area contributed by atoms with Crippen LogP contribution < -0.4 is 10.2 Å². The van der Waals surface area contributed by atoms with Gasteiger partial charge in [0.1, 0.15) is 33.3 Å². The van der Waals surface area contributed by atoms with Crippen molar-refractivity contribution < 1.29 is 82.9 Å². The normalized spacial score (nSPS) is 11.8. The molecule has 0 N–H and O–H groups in total. The zero-order chi connectivity index (χ0) is 45.5. The predicted molar refractivity (Wildman–Crippen MR) is 205 cm³/mol. The molecule has 0 aliphatic heterocycles. The number of carbonyl (C=O) groups excluding carboxylic acids is 6. The highest BCUT2D eigenvalue weighted by Crippen LogP contribution is 2.06. The van der Waals surface area contributed by atoms with Gasteiger partial charge in [0.15, 0.2) is 34.9 Å². The van der Waals surface area contributed by atoms with Crippen molar-refractivity contribution in [3.05, 3.63) is 49.6 Å². The van der Waals surface area contributed by atoms with Gasteiger partial charge in [0.05, 0.1) is 120 Å². The number of carboxylic acid groups (broad SMARTS) is 2. The second-order valence-electron chi connectivity index (χ2n) is 15.8. The number of quaternary nitrogens is 4. The van der Waals surface area contributed by atoms with Crippen LogP contribution in [0, 0.1) is 0 Å². The van der Waals surface area contributed by atoms with Gasteiger partial charge in [-0.2, -0.15) is 0 Å². The van der Waals surface area contributed by atoms with Crippen LogP contribution in [0.25, 0.3) is 0 Å². The van der Waals surface area contributed by atoms with Crippen LogP contribution in [-0.4, -0.2) is 186 Å². The molecular formula is C36H64N4O14S2. The number of allylic oxidation sites excluding steroid dienone is 4. The van der Waals surface area contributed by atoms with E-state index in [1.165, 1.54) is 12.2 Å². The number of nitrogens with zero attached hydrogens (tertiary/aromatic N) is 4. The second-order valence-corrected chi connectivity index (χ2v) is 18.6. The monoisotopic (exact) mass is 852 g/mol. The summed E-state index contributed by atoms with van der Waals surface area (Å²) >= 11 is 0. The Morgan fingerprint density at radius 3 is 0.946 bits per heavy atom. The van der Waals surface area contributed by atoms with Crippen LogP contribution in [0.15, 0.2) is 49.6 Å². The molecule has 0 aromatic carbocycles. The molecule has 0 aliphatic carbocycles. The fourth-order valence-electron chi connectivity index (χ4n) is 4.11. The first-order valence-corrected chi connectivity index (χ1v) is 20.2. The highest BCUT2D eigenvalue weighted by atomic mass is 32.2. The summed E-state index contributed by atoms with van der Waals surface area (Å²) in [6.07, 6.45) is 3.49. The molecule has 0 atom stereocenters. The van der Waals surface area contributed by atoms with Crippen LogP contribution in [0.5, 0.6) is 0 Å². The summed E-state index contributed by atoms with van der Waals surface area (Å²) in [6.45, 7) is 18.4. The van der Waals surface area contributed by atoms with E-state index in [0.29, 0.717) is 50.2 Å².